The Balaban J connectivity index is 3.79. The Labute approximate surface area is 108 Å². The van der Waals surface area contributed by atoms with Crippen LogP contribution in [0.1, 0.15) is 40.0 Å². The van der Waals surface area contributed by atoms with Crippen LogP contribution in [0.3, 0.4) is 0 Å². The highest BCUT2D eigenvalue weighted by Gasteiger charge is 2.24. The van der Waals surface area contributed by atoms with Crippen LogP contribution in [0.25, 0.3) is 0 Å². The average Bonchev–Trinajstić information content (AvgIpc) is 2.24. The van der Waals surface area contributed by atoms with E-state index in [-0.39, 0.29) is 0 Å². The van der Waals surface area contributed by atoms with Crippen molar-refractivity contribution in [3.63, 3.8) is 0 Å². The number of aliphatic carboxylic acids is 1. The van der Waals surface area contributed by atoms with Crippen LogP contribution in [0, 0.1) is 5.92 Å². The van der Waals surface area contributed by atoms with E-state index >= 15 is 0 Å². The molecule has 0 saturated carbocycles. The summed E-state index contributed by atoms with van der Waals surface area (Å²) in [6, 6.07) is -1.84. The van der Waals surface area contributed by atoms with Crippen molar-refractivity contribution in [2.75, 3.05) is 6.54 Å². The first-order chi connectivity index (χ1) is 8.34. The zero-order chi connectivity index (χ0) is 14.1. The predicted molar refractivity (Wildman–Crippen MR) is 68.3 cm³/mol. The van der Waals surface area contributed by atoms with Crippen LogP contribution in [0.4, 0.5) is 4.79 Å². The number of unbranched alkanes of at least 4 members (excludes halogenated alkanes) is 1. The maximum atomic E-state index is 11.4. The van der Waals surface area contributed by atoms with Crippen LogP contribution in [0.15, 0.2) is 0 Å². The molecule has 0 aliphatic heterocycles. The largest absolute Gasteiger partial charge is 0.480 e. The number of carbonyl (C=O) groups is 2. The highest BCUT2D eigenvalue weighted by Crippen LogP contribution is 2.04. The van der Waals surface area contributed by atoms with Gasteiger partial charge in [-0.15, -0.1) is 0 Å². The molecular weight excluding hydrogens is 236 g/mol. The molecule has 18 heavy (non-hydrogen) atoms. The molecule has 0 bridgehead atoms. The van der Waals surface area contributed by atoms with Gasteiger partial charge in [-0.3, -0.25) is 0 Å². The lowest BCUT2D eigenvalue weighted by molar-refractivity contribution is -0.141. The van der Waals surface area contributed by atoms with Gasteiger partial charge in [-0.25, -0.2) is 9.59 Å². The summed E-state index contributed by atoms with van der Waals surface area (Å²) in [5.41, 5.74) is 0. The number of nitrogens with one attached hydrogen (secondary N) is 2. The summed E-state index contributed by atoms with van der Waals surface area (Å²) in [7, 11) is 0. The number of carboxylic acid groups (broad SMARTS) is 1. The number of urea groups is 1. The van der Waals surface area contributed by atoms with Gasteiger partial charge in [0.1, 0.15) is 0 Å². The molecule has 6 heteroatoms. The van der Waals surface area contributed by atoms with Gasteiger partial charge in [0.25, 0.3) is 0 Å². The lowest BCUT2D eigenvalue weighted by Gasteiger charge is -2.17. The molecule has 0 aromatic heterocycles. The second-order valence-corrected chi connectivity index (χ2v) is 4.85. The van der Waals surface area contributed by atoms with Crippen molar-refractivity contribution >= 4 is 12.0 Å². The summed E-state index contributed by atoms with van der Waals surface area (Å²) in [5, 5.41) is 22.7. The van der Waals surface area contributed by atoms with Gasteiger partial charge in [0.05, 0.1) is 6.10 Å². The van der Waals surface area contributed by atoms with Crippen LogP contribution in [0.5, 0.6) is 0 Å². The van der Waals surface area contributed by atoms with Crippen molar-refractivity contribution in [3.05, 3.63) is 0 Å². The number of hydrogen-bond donors (Lipinski definition) is 4. The molecule has 0 spiro atoms. The van der Waals surface area contributed by atoms with Gasteiger partial charge in [-0.1, -0.05) is 26.7 Å². The SMILES string of the molecule is CC(C)CCCCNC(=O)NC(C(=O)O)C(C)O. The van der Waals surface area contributed by atoms with Crippen LogP contribution in [0.2, 0.25) is 0 Å². The predicted octanol–water partition coefficient (Wildman–Crippen LogP) is 0.946. The minimum atomic E-state index is -1.28. The minimum absolute atomic E-state index is 0.505. The van der Waals surface area contributed by atoms with Gasteiger partial charge in [-0.05, 0) is 19.3 Å². The molecule has 4 N–H and O–H groups in total. The number of rotatable bonds is 8. The maximum absolute atomic E-state index is 11.4. The summed E-state index contributed by atoms with van der Waals surface area (Å²) in [4.78, 5) is 22.1. The van der Waals surface area contributed by atoms with E-state index in [0.29, 0.717) is 12.5 Å². The standard InChI is InChI=1S/C12H24N2O4/c1-8(2)6-4-5-7-13-12(18)14-10(9(3)15)11(16)17/h8-10,15H,4-7H2,1-3H3,(H,16,17)(H2,13,14,18). The van der Waals surface area contributed by atoms with E-state index in [1.54, 1.807) is 0 Å². The smallest absolute Gasteiger partial charge is 0.328 e. The molecule has 0 fully saturated rings. The first-order valence-corrected chi connectivity index (χ1v) is 6.29. The summed E-state index contributed by atoms with van der Waals surface area (Å²) in [6.45, 7) is 6.10. The molecule has 0 heterocycles. The lowest BCUT2D eigenvalue weighted by Crippen LogP contribution is -2.51. The number of carbonyl (C=O) groups excluding carboxylic acids is 1. The number of amides is 2. The maximum Gasteiger partial charge on any atom is 0.328 e. The molecule has 0 aliphatic rings. The Morgan fingerprint density at radius 2 is 1.78 bits per heavy atom. The van der Waals surface area contributed by atoms with E-state index in [9.17, 15) is 14.7 Å². The quantitative estimate of drug-likeness (QED) is 0.488. The molecule has 0 radical (unpaired) electrons. The summed E-state index contributed by atoms with van der Waals surface area (Å²) < 4.78 is 0. The molecular formula is C12H24N2O4. The molecule has 2 amide bonds. The fourth-order valence-electron chi connectivity index (χ4n) is 1.46. The second kappa shape index (κ2) is 8.74. The third-order valence-electron chi connectivity index (χ3n) is 2.53. The van der Waals surface area contributed by atoms with Gasteiger partial charge in [0, 0.05) is 6.54 Å². The highest BCUT2D eigenvalue weighted by molar-refractivity contribution is 5.82. The molecule has 0 saturated heterocycles. The third kappa shape index (κ3) is 7.89. The minimum Gasteiger partial charge on any atom is -0.480 e. The van der Waals surface area contributed by atoms with E-state index in [4.69, 9.17) is 5.11 Å². The van der Waals surface area contributed by atoms with Crippen LogP contribution in [-0.4, -0.2) is 40.9 Å². The van der Waals surface area contributed by atoms with Crippen molar-refractivity contribution in [1.29, 1.82) is 0 Å². The van der Waals surface area contributed by atoms with Crippen molar-refractivity contribution in [2.24, 2.45) is 5.92 Å². The Morgan fingerprint density at radius 1 is 1.17 bits per heavy atom. The average molecular weight is 260 g/mol. The van der Waals surface area contributed by atoms with Gasteiger partial charge in [0.15, 0.2) is 6.04 Å². The molecule has 2 atom stereocenters. The van der Waals surface area contributed by atoms with Gasteiger partial charge in [0.2, 0.25) is 0 Å². The van der Waals surface area contributed by atoms with Gasteiger partial charge < -0.3 is 20.8 Å². The third-order valence-corrected chi connectivity index (χ3v) is 2.53. The van der Waals surface area contributed by atoms with E-state index < -0.39 is 24.1 Å². The first-order valence-electron chi connectivity index (χ1n) is 6.29. The van der Waals surface area contributed by atoms with E-state index in [1.165, 1.54) is 6.92 Å². The van der Waals surface area contributed by atoms with Crippen LogP contribution < -0.4 is 10.6 Å². The van der Waals surface area contributed by atoms with E-state index in [2.05, 4.69) is 24.5 Å². The van der Waals surface area contributed by atoms with Crippen molar-refractivity contribution < 1.29 is 19.8 Å². The fourth-order valence-corrected chi connectivity index (χ4v) is 1.46. The molecule has 2 unspecified atom stereocenters. The second-order valence-electron chi connectivity index (χ2n) is 4.85. The monoisotopic (exact) mass is 260 g/mol. The molecule has 0 aromatic carbocycles. The van der Waals surface area contributed by atoms with Crippen molar-refractivity contribution in [3.8, 4) is 0 Å². The topological polar surface area (TPSA) is 98.7 Å². The Bertz CT molecular complexity index is 267. The van der Waals surface area contributed by atoms with Gasteiger partial charge >= 0.3 is 12.0 Å². The number of hydrogen-bond acceptors (Lipinski definition) is 3. The number of aliphatic hydroxyl groups excluding tert-OH is 1. The fraction of sp³-hybridized carbons (Fsp3) is 0.833. The van der Waals surface area contributed by atoms with Crippen LogP contribution in [-0.2, 0) is 4.79 Å². The molecule has 0 aromatic rings. The zero-order valence-electron chi connectivity index (χ0n) is 11.3. The molecule has 106 valence electrons. The molecule has 0 aliphatic carbocycles. The lowest BCUT2D eigenvalue weighted by atomic mass is 10.1. The first kappa shape index (κ1) is 16.7. The zero-order valence-corrected chi connectivity index (χ0v) is 11.3. The summed E-state index contributed by atoms with van der Waals surface area (Å²) in [5.74, 6) is -0.606. The Kier molecular flexibility index (Phi) is 8.11. The Morgan fingerprint density at radius 3 is 2.22 bits per heavy atom. The summed E-state index contributed by atoms with van der Waals surface area (Å²) in [6.07, 6.45) is 1.86. The van der Waals surface area contributed by atoms with E-state index in [0.717, 1.165) is 19.3 Å². The molecule has 6 nitrogen and oxygen atoms in total. The summed E-state index contributed by atoms with van der Waals surface area (Å²) >= 11 is 0. The Hall–Kier alpha value is -1.30. The highest BCUT2D eigenvalue weighted by atomic mass is 16.4. The number of carboxylic acids is 1. The number of aliphatic hydroxyl groups is 1. The van der Waals surface area contributed by atoms with Gasteiger partial charge in [-0.2, -0.15) is 0 Å². The normalized spacial score (nSPS) is 14.1. The van der Waals surface area contributed by atoms with Crippen molar-refractivity contribution in [1.82, 2.24) is 10.6 Å². The molecule has 0 rings (SSSR count). The van der Waals surface area contributed by atoms with E-state index in [1.807, 2.05) is 0 Å². The van der Waals surface area contributed by atoms with Crippen LogP contribution >= 0.6 is 0 Å². The van der Waals surface area contributed by atoms with Crippen molar-refractivity contribution in [2.45, 2.75) is 52.2 Å².